The predicted molar refractivity (Wildman–Crippen MR) is 138 cm³/mol. The molecule has 2 aromatic heterocycles. The number of pyridine rings is 1. The number of rotatable bonds is 6. The maximum atomic E-state index is 13.3. The van der Waals surface area contributed by atoms with Gasteiger partial charge in [-0.3, -0.25) is 15.1 Å². The van der Waals surface area contributed by atoms with E-state index in [1.54, 1.807) is 24.3 Å². The van der Waals surface area contributed by atoms with Gasteiger partial charge in [0.1, 0.15) is 5.75 Å². The second kappa shape index (κ2) is 10.2. The van der Waals surface area contributed by atoms with Gasteiger partial charge >= 0.3 is 0 Å². The summed E-state index contributed by atoms with van der Waals surface area (Å²) in [7, 11) is -1.91. The zero-order chi connectivity index (χ0) is 26.2. The molecule has 2 aliphatic heterocycles. The summed E-state index contributed by atoms with van der Waals surface area (Å²) in [6.45, 7) is 3.17. The summed E-state index contributed by atoms with van der Waals surface area (Å²) in [4.78, 5) is 22.9. The lowest BCUT2D eigenvalue weighted by Crippen LogP contribution is -2.38. The number of anilines is 1. The van der Waals surface area contributed by atoms with Crippen molar-refractivity contribution in [2.24, 2.45) is 0 Å². The number of amides is 1. The number of ether oxygens (including phenoxy) is 2. The van der Waals surface area contributed by atoms with E-state index in [0.29, 0.717) is 70.6 Å². The standard InChI is InChI=1S/C25H25N5O5S2/c1-15-9-18(19-10-16(11-26)3-4-22(19)34-2)20(12-27-15)24(31)29-25-28-21-13-30(14-23(21)36-25)37(32,33)17-5-7-35-8-6-17/h3-4,9-10,12,17H,5-8,13-14H2,1-2H3,(H,28,29,31). The molecule has 37 heavy (non-hydrogen) atoms. The molecule has 3 aromatic rings. The largest absolute Gasteiger partial charge is 0.496 e. The molecule has 1 amide bonds. The third kappa shape index (κ3) is 4.95. The molecular weight excluding hydrogens is 514 g/mol. The molecule has 0 unspecified atom stereocenters. The summed E-state index contributed by atoms with van der Waals surface area (Å²) in [6, 6.07) is 8.91. The maximum Gasteiger partial charge on any atom is 0.259 e. The van der Waals surface area contributed by atoms with Crippen LogP contribution in [0.4, 0.5) is 5.13 Å². The Morgan fingerprint density at radius 1 is 1.24 bits per heavy atom. The first-order valence-electron chi connectivity index (χ1n) is 11.7. The van der Waals surface area contributed by atoms with Crippen LogP contribution in [-0.2, 0) is 27.8 Å². The van der Waals surface area contributed by atoms with Crippen LogP contribution in [0.1, 0.15) is 45.0 Å². The third-order valence-electron chi connectivity index (χ3n) is 6.50. The molecule has 5 rings (SSSR count). The molecule has 0 radical (unpaired) electrons. The Labute approximate surface area is 218 Å². The summed E-state index contributed by atoms with van der Waals surface area (Å²) in [5.74, 6) is 0.115. The van der Waals surface area contributed by atoms with Crippen molar-refractivity contribution in [2.75, 3.05) is 25.6 Å². The van der Waals surface area contributed by atoms with Crippen LogP contribution < -0.4 is 10.1 Å². The summed E-state index contributed by atoms with van der Waals surface area (Å²) in [5, 5.41) is 12.2. The highest BCUT2D eigenvalue weighted by Gasteiger charge is 2.38. The van der Waals surface area contributed by atoms with E-state index in [4.69, 9.17) is 9.47 Å². The summed E-state index contributed by atoms with van der Waals surface area (Å²) < 4.78 is 38.3. The van der Waals surface area contributed by atoms with Crippen molar-refractivity contribution in [1.29, 1.82) is 5.26 Å². The molecule has 1 N–H and O–H groups in total. The summed E-state index contributed by atoms with van der Waals surface area (Å²) in [5.41, 5.74) is 3.28. The van der Waals surface area contributed by atoms with Crippen molar-refractivity contribution < 1.29 is 22.7 Å². The highest BCUT2D eigenvalue weighted by Crippen LogP contribution is 2.36. The number of methoxy groups -OCH3 is 1. The number of benzene rings is 1. The number of carbonyl (C=O) groups is 1. The van der Waals surface area contributed by atoms with Crippen molar-refractivity contribution in [3.05, 3.63) is 57.9 Å². The number of thiazole rings is 1. The van der Waals surface area contributed by atoms with E-state index in [0.717, 1.165) is 4.88 Å². The summed E-state index contributed by atoms with van der Waals surface area (Å²) >= 11 is 1.27. The van der Waals surface area contributed by atoms with Gasteiger partial charge in [-0.15, -0.1) is 0 Å². The molecular formula is C25H25N5O5S2. The van der Waals surface area contributed by atoms with E-state index >= 15 is 0 Å². The fourth-order valence-electron chi connectivity index (χ4n) is 4.55. The van der Waals surface area contributed by atoms with Crippen LogP contribution >= 0.6 is 11.3 Å². The Bertz CT molecular complexity index is 1480. The van der Waals surface area contributed by atoms with Crippen LogP contribution in [0, 0.1) is 18.3 Å². The van der Waals surface area contributed by atoms with Crippen molar-refractivity contribution in [1.82, 2.24) is 14.3 Å². The molecule has 12 heteroatoms. The lowest BCUT2D eigenvalue weighted by Gasteiger charge is -2.26. The van der Waals surface area contributed by atoms with E-state index in [1.807, 2.05) is 6.92 Å². The van der Waals surface area contributed by atoms with Gasteiger partial charge in [0.05, 0.1) is 48.3 Å². The van der Waals surface area contributed by atoms with Crippen molar-refractivity contribution in [3.8, 4) is 22.9 Å². The number of carbonyl (C=O) groups excluding carboxylic acids is 1. The van der Waals surface area contributed by atoms with Gasteiger partial charge in [0.15, 0.2) is 5.13 Å². The Morgan fingerprint density at radius 3 is 2.73 bits per heavy atom. The van der Waals surface area contributed by atoms with Gasteiger partial charge < -0.3 is 9.47 Å². The fraction of sp³-hybridized carbons (Fsp3) is 0.360. The highest BCUT2D eigenvalue weighted by atomic mass is 32.2. The van der Waals surface area contributed by atoms with Crippen LogP contribution in [0.25, 0.3) is 11.1 Å². The number of nitrogens with one attached hydrogen (secondary N) is 1. The van der Waals surface area contributed by atoms with E-state index in [1.165, 1.54) is 28.9 Å². The monoisotopic (exact) mass is 539 g/mol. The first-order valence-corrected chi connectivity index (χ1v) is 14.0. The predicted octanol–water partition coefficient (Wildman–Crippen LogP) is 3.47. The zero-order valence-corrected chi connectivity index (χ0v) is 22.0. The number of nitrogens with zero attached hydrogens (tertiary/aromatic N) is 4. The third-order valence-corrected chi connectivity index (χ3v) is 9.79. The number of nitriles is 1. The SMILES string of the molecule is COc1ccc(C#N)cc1-c1cc(C)ncc1C(=O)Nc1nc2c(s1)CN(S(=O)(=O)C1CCOCC1)C2. The van der Waals surface area contributed by atoms with Gasteiger partial charge in [-0.2, -0.15) is 9.57 Å². The van der Waals surface area contributed by atoms with Gasteiger partial charge in [0.2, 0.25) is 10.0 Å². The molecule has 0 atom stereocenters. The quantitative estimate of drug-likeness (QED) is 0.503. The molecule has 0 saturated carbocycles. The van der Waals surface area contributed by atoms with Crippen LogP contribution in [-0.4, -0.2) is 54.2 Å². The molecule has 1 fully saturated rings. The molecule has 192 valence electrons. The normalized spacial score (nSPS) is 16.2. The number of fused-ring (bicyclic) bond motifs is 1. The van der Waals surface area contributed by atoms with E-state index in [-0.39, 0.29) is 13.1 Å². The fourth-order valence-corrected chi connectivity index (χ4v) is 7.43. The number of hydrogen-bond donors (Lipinski definition) is 1. The molecule has 10 nitrogen and oxygen atoms in total. The van der Waals surface area contributed by atoms with Crippen LogP contribution in [0.5, 0.6) is 5.75 Å². The van der Waals surface area contributed by atoms with Crippen LogP contribution in [0.15, 0.2) is 30.5 Å². The lowest BCUT2D eigenvalue weighted by molar-refractivity contribution is 0.0971. The molecule has 2 aliphatic rings. The molecule has 1 saturated heterocycles. The van der Waals surface area contributed by atoms with Crippen molar-refractivity contribution in [3.63, 3.8) is 0 Å². The van der Waals surface area contributed by atoms with Gasteiger partial charge in [-0.1, -0.05) is 11.3 Å². The van der Waals surface area contributed by atoms with Gasteiger partial charge in [0, 0.05) is 41.1 Å². The molecule has 1 aromatic carbocycles. The minimum Gasteiger partial charge on any atom is -0.496 e. The molecule has 4 heterocycles. The van der Waals surface area contributed by atoms with Crippen LogP contribution in [0.3, 0.4) is 0 Å². The van der Waals surface area contributed by atoms with Crippen molar-refractivity contribution >= 4 is 32.4 Å². The minimum atomic E-state index is -3.44. The van der Waals surface area contributed by atoms with Crippen molar-refractivity contribution in [2.45, 2.75) is 38.1 Å². The minimum absolute atomic E-state index is 0.191. The second-order valence-corrected chi connectivity index (χ2v) is 12.2. The number of aryl methyl sites for hydroxylation is 1. The van der Waals surface area contributed by atoms with Gasteiger partial charge in [-0.05, 0) is 44.0 Å². The average Bonchev–Trinajstić information content (AvgIpc) is 3.48. The number of sulfonamides is 1. The van der Waals surface area contributed by atoms with E-state index < -0.39 is 21.2 Å². The Morgan fingerprint density at radius 2 is 2.03 bits per heavy atom. The van der Waals surface area contributed by atoms with Gasteiger partial charge in [0.25, 0.3) is 5.91 Å². The van der Waals surface area contributed by atoms with Crippen LogP contribution in [0.2, 0.25) is 0 Å². The average molecular weight is 540 g/mol. The maximum absolute atomic E-state index is 13.3. The summed E-state index contributed by atoms with van der Waals surface area (Å²) in [6.07, 6.45) is 2.48. The topological polar surface area (TPSA) is 135 Å². The number of aromatic nitrogens is 2. The lowest BCUT2D eigenvalue weighted by atomic mass is 9.97. The first kappa shape index (κ1) is 25.3. The smallest absolute Gasteiger partial charge is 0.259 e. The Balaban J connectivity index is 1.37. The molecule has 0 bridgehead atoms. The van der Waals surface area contributed by atoms with Gasteiger partial charge in [-0.25, -0.2) is 13.4 Å². The first-order chi connectivity index (χ1) is 17.8. The van der Waals surface area contributed by atoms with E-state index in [2.05, 4.69) is 21.4 Å². The second-order valence-electron chi connectivity index (χ2n) is 8.87. The highest BCUT2D eigenvalue weighted by molar-refractivity contribution is 7.89. The number of hydrogen-bond acceptors (Lipinski definition) is 9. The molecule has 0 aliphatic carbocycles. The zero-order valence-electron chi connectivity index (χ0n) is 20.4. The van der Waals surface area contributed by atoms with E-state index in [9.17, 15) is 18.5 Å². The Kier molecular flexibility index (Phi) is 6.96. The Hall–Kier alpha value is -3.37. The molecule has 0 spiro atoms.